The second-order valence-corrected chi connectivity index (χ2v) is 5.97. The molecule has 23 heavy (non-hydrogen) atoms. The first-order chi connectivity index (χ1) is 10.9. The number of rotatable bonds is 3. The minimum absolute atomic E-state index is 0.0653. The number of methoxy groups -OCH3 is 1. The summed E-state index contributed by atoms with van der Waals surface area (Å²) in [6, 6.07) is 4.08. The van der Waals surface area contributed by atoms with Crippen LogP contribution in [-0.4, -0.2) is 29.4 Å². The van der Waals surface area contributed by atoms with Crippen molar-refractivity contribution >= 4 is 29.2 Å². The molecule has 6 nitrogen and oxygen atoms in total. The van der Waals surface area contributed by atoms with E-state index in [2.05, 4.69) is 9.97 Å². The molecule has 0 amide bonds. The van der Waals surface area contributed by atoms with Gasteiger partial charge >= 0.3 is 0 Å². The fourth-order valence-corrected chi connectivity index (χ4v) is 3.31. The van der Waals surface area contributed by atoms with Crippen molar-refractivity contribution in [3.05, 3.63) is 39.5 Å². The molecule has 0 fully saturated rings. The molecular weight excluding hydrogens is 316 g/mol. The van der Waals surface area contributed by atoms with Gasteiger partial charge in [0, 0.05) is 6.54 Å². The molecule has 2 heterocycles. The molecule has 2 N–H and O–H groups in total. The molecule has 0 saturated carbocycles. The van der Waals surface area contributed by atoms with Gasteiger partial charge < -0.3 is 15.4 Å². The van der Waals surface area contributed by atoms with Crippen LogP contribution in [0, 0.1) is 13.8 Å². The molecule has 1 aliphatic rings. The van der Waals surface area contributed by atoms with Crippen molar-refractivity contribution in [2.45, 2.75) is 20.4 Å². The number of carbonyl (C=O) groups excluding carboxylic acids is 1. The van der Waals surface area contributed by atoms with Crippen LogP contribution in [0.1, 0.15) is 27.0 Å². The number of aromatic nitrogens is 2. The summed E-state index contributed by atoms with van der Waals surface area (Å²) in [5.41, 5.74) is 9.17. The monoisotopic (exact) mass is 332 g/mol. The lowest BCUT2D eigenvalue weighted by atomic mass is 10.1. The van der Waals surface area contributed by atoms with E-state index in [1.165, 1.54) is 0 Å². The van der Waals surface area contributed by atoms with Crippen molar-refractivity contribution in [2.75, 3.05) is 24.3 Å². The largest absolute Gasteiger partial charge is 0.496 e. The maximum absolute atomic E-state index is 12.2. The molecule has 7 heteroatoms. The number of nitrogen functional groups attached to an aromatic ring is 1. The molecule has 0 aliphatic carbocycles. The predicted octanol–water partition coefficient (Wildman–Crippen LogP) is 2.54. The molecule has 0 spiro atoms. The first-order valence-corrected chi connectivity index (χ1v) is 7.53. The van der Waals surface area contributed by atoms with Gasteiger partial charge in [0.25, 0.3) is 0 Å². The van der Waals surface area contributed by atoms with Crippen LogP contribution in [0.15, 0.2) is 12.1 Å². The summed E-state index contributed by atoms with van der Waals surface area (Å²) in [6.07, 6.45) is 0. The van der Waals surface area contributed by atoms with Gasteiger partial charge in [0.2, 0.25) is 5.95 Å². The zero-order valence-electron chi connectivity index (χ0n) is 13.2. The molecule has 0 unspecified atom stereocenters. The van der Waals surface area contributed by atoms with Gasteiger partial charge in [0.1, 0.15) is 16.7 Å². The zero-order valence-corrected chi connectivity index (χ0v) is 13.9. The van der Waals surface area contributed by atoms with Gasteiger partial charge in [-0.2, -0.15) is 4.98 Å². The minimum Gasteiger partial charge on any atom is -0.496 e. The number of aryl methyl sites for hydroxylation is 2. The van der Waals surface area contributed by atoms with E-state index < -0.39 is 0 Å². The number of fused-ring (bicyclic) bond motifs is 1. The third-order valence-electron chi connectivity index (χ3n) is 3.87. The van der Waals surface area contributed by atoms with Crippen molar-refractivity contribution < 1.29 is 9.53 Å². The standard InChI is InChI=1S/C16H17ClN4O2/c1-8-4-10(5-9(2)13(8)23-3)6-21-7-11(22)12-14(17)19-16(18)20-15(12)21/h4-5H,6-7H2,1-3H3,(H2,18,19,20). The lowest BCUT2D eigenvalue weighted by Crippen LogP contribution is -2.22. The highest BCUT2D eigenvalue weighted by Gasteiger charge is 2.32. The molecule has 2 aromatic rings. The highest BCUT2D eigenvalue weighted by molar-refractivity contribution is 6.34. The number of ketones is 1. The van der Waals surface area contributed by atoms with Gasteiger partial charge in [-0.1, -0.05) is 23.7 Å². The van der Waals surface area contributed by atoms with Crippen molar-refractivity contribution in [3.63, 3.8) is 0 Å². The van der Waals surface area contributed by atoms with E-state index in [0.29, 0.717) is 17.9 Å². The SMILES string of the molecule is COc1c(C)cc(CN2CC(=O)c3c(Cl)nc(N)nc32)cc1C. The lowest BCUT2D eigenvalue weighted by molar-refractivity contribution is 0.101. The molecule has 120 valence electrons. The Kier molecular flexibility index (Phi) is 3.85. The topological polar surface area (TPSA) is 81.3 Å². The van der Waals surface area contributed by atoms with Crippen LogP contribution in [0.3, 0.4) is 0 Å². The number of Topliss-reactive ketones (excluding diaryl/α,β-unsaturated/α-hetero) is 1. The van der Waals surface area contributed by atoms with Crippen LogP contribution in [0.5, 0.6) is 5.75 Å². The predicted molar refractivity (Wildman–Crippen MR) is 89.3 cm³/mol. The van der Waals surface area contributed by atoms with Crippen LogP contribution < -0.4 is 15.4 Å². The molecule has 0 saturated heterocycles. The average molecular weight is 333 g/mol. The number of carbonyl (C=O) groups is 1. The smallest absolute Gasteiger partial charge is 0.223 e. The first-order valence-electron chi connectivity index (χ1n) is 7.16. The lowest BCUT2D eigenvalue weighted by Gasteiger charge is -2.19. The third-order valence-corrected chi connectivity index (χ3v) is 4.15. The Labute approximate surface area is 139 Å². The summed E-state index contributed by atoms with van der Waals surface area (Å²) >= 11 is 6.03. The maximum Gasteiger partial charge on any atom is 0.223 e. The molecule has 3 rings (SSSR count). The Balaban J connectivity index is 1.96. The number of benzene rings is 1. The fourth-order valence-electron chi connectivity index (χ4n) is 3.04. The summed E-state index contributed by atoms with van der Waals surface area (Å²) in [6.45, 7) is 4.75. The second kappa shape index (κ2) is 5.70. The Morgan fingerprint density at radius 3 is 2.57 bits per heavy atom. The number of hydrogen-bond donors (Lipinski definition) is 1. The first kappa shape index (κ1) is 15.6. The van der Waals surface area contributed by atoms with Gasteiger partial charge in [0.15, 0.2) is 5.78 Å². The summed E-state index contributed by atoms with van der Waals surface area (Å²) in [7, 11) is 1.66. The van der Waals surface area contributed by atoms with Crippen molar-refractivity contribution in [2.24, 2.45) is 0 Å². The van der Waals surface area contributed by atoms with E-state index >= 15 is 0 Å². The Morgan fingerprint density at radius 1 is 1.30 bits per heavy atom. The zero-order chi connectivity index (χ0) is 16.7. The summed E-state index contributed by atoms with van der Waals surface area (Å²) in [4.78, 5) is 22.1. The average Bonchev–Trinajstić information content (AvgIpc) is 2.74. The van der Waals surface area contributed by atoms with Crippen LogP contribution in [0.2, 0.25) is 5.15 Å². The number of hydrogen-bond acceptors (Lipinski definition) is 6. The van der Waals surface area contributed by atoms with Crippen LogP contribution in [0.25, 0.3) is 0 Å². The number of ether oxygens (including phenoxy) is 1. The van der Waals surface area contributed by atoms with E-state index in [9.17, 15) is 4.79 Å². The molecule has 0 bridgehead atoms. The molecule has 0 atom stereocenters. The number of nitrogens with two attached hydrogens (primary N) is 1. The molecule has 1 aromatic heterocycles. The number of halogens is 1. The molecule has 1 aromatic carbocycles. The number of nitrogens with zero attached hydrogens (tertiary/aromatic N) is 3. The van der Waals surface area contributed by atoms with Gasteiger partial charge in [-0.25, -0.2) is 4.98 Å². The quantitative estimate of drug-likeness (QED) is 0.870. The fraction of sp³-hybridized carbons (Fsp3) is 0.312. The van der Waals surface area contributed by atoms with E-state index in [4.69, 9.17) is 22.1 Å². The van der Waals surface area contributed by atoms with Crippen molar-refractivity contribution in [3.8, 4) is 5.75 Å². The normalized spacial score (nSPS) is 13.4. The third kappa shape index (κ3) is 2.70. The summed E-state index contributed by atoms with van der Waals surface area (Å²) in [5.74, 6) is 1.35. The van der Waals surface area contributed by atoms with Crippen LogP contribution in [-0.2, 0) is 6.54 Å². The minimum atomic E-state index is -0.0908. The molecular formula is C16H17ClN4O2. The highest BCUT2D eigenvalue weighted by atomic mass is 35.5. The van der Waals surface area contributed by atoms with E-state index in [-0.39, 0.29) is 23.4 Å². The van der Waals surface area contributed by atoms with E-state index in [0.717, 1.165) is 22.4 Å². The number of anilines is 2. The Hall–Kier alpha value is -2.34. The van der Waals surface area contributed by atoms with Gasteiger partial charge in [0.05, 0.1) is 19.2 Å². The Morgan fingerprint density at radius 2 is 1.96 bits per heavy atom. The summed E-state index contributed by atoms with van der Waals surface area (Å²) in [5, 5.41) is 0.113. The Bertz CT molecular complexity index is 784. The van der Waals surface area contributed by atoms with Crippen molar-refractivity contribution in [1.29, 1.82) is 0 Å². The van der Waals surface area contributed by atoms with Crippen LogP contribution in [0.4, 0.5) is 11.8 Å². The van der Waals surface area contributed by atoms with Gasteiger partial charge in [-0.05, 0) is 30.5 Å². The second-order valence-electron chi connectivity index (χ2n) is 5.61. The van der Waals surface area contributed by atoms with Gasteiger partial charge in [-0.3, -0.25) is 4.79 Å². The molecule has 0 radical (unpaired) electrons. The van der Waals surface area contributed by atoms with E-state index in [1.807, 2.05) is 30.9 Å². The highest BCUT2D eigenvalue weighted by Crippen LogP contribution is 2.33. The summed E-state index contributed by atoms with van der Waals surface area (Å²) < 4.78 is 5.38. The van der Waals surface area contributed by atoms with Crippen LogP contribution >= 0.6 is 11.6 Å². The van der Waals surface area contributed by atoms with Crippen molar-refractivity contribution in [1.82, 2.24) is 9.97 Å². The van der Waals surface area contributed by atoms with E-state index in [1.54, 1.807) is 7.11 Å². The molecule has 1 aliphatic heterocycles. The maximum atomic E-state index is 12.2. The van der Waals surface area contributed by atoms with Gasteiger partial charge in [-0.15, -0.1) is 0 Å².